The van der Waals surface area contributed by atoms with Gasteiger partial charge in [-0.3, -0.25) is 4.79 Å². The van der Waals surface area contributed by atoms with E-state index in [1.54, 1.807) is 13.8 Å². The Hall–Kier alpha value is -2.09. The van der Waals surface area contributed by atoms with Crippen LogP contribution in [-0.2, 0) is 22.9 Å². The molecule has 2 rings (SSSR count). The molecule has 8 heteroatoms. The molecule has 2 N–H and O–H groups in total. The summed E-state index contributed by atoms with van der Waals surface area (Å²) in [6.07, 6.45) is 1.38. The van der Waals surface area contributed by atoms with Crippen molar-refractivity contribution in [1.82, 2.24) is 4.72 Å². The van der Waals surface area contributed by atoms with Crippen molar-refractivity contribution in [2.45, 2.75) is 51.5 Å². The quantitative estimate of drug-likeness (QED) is 0.639. The highest BCUT2D eigenvalue weighted by atomic mass is 35.5. The van der Waals surface area contributed by atoms with Crippen LogP contribution >= 0.6 is 11.6 Å². The molecule has 0 unspecified atom stereocenters. The molecular weight excluding hydrogens is 412 g/mol. The smallest absolute Gasteiger partial charge is 0.255 e. The highest BCUT2D eigenvalue weighted by Crippen LogP contribution is 2.31. The second kappa shape index (κ2) is 9.61. The monoisotopic (exact) mass is 438 g/mol. The number of rotatable bonds is 8. The van der Waals surface area contributed by atoms with Crippen LogP contribution in [0.15, 0.2) is 35.2 Å². The third-order valence-electron chi connectivity index (χ3n) is 4.42. The summed E-state index contributed by atoms with van der Waals surface area (Å²) in [5, 5.41) is 3.50. The molecule has 158 valence electrons. The van der Waals surface area contributed by atoms with E-state index in [2.05, 4.69) is 10.0 Å². The summed E-state index contributed by atoms with van der Waals surface area (Å²) in [5.41, 5.74) is 2.69. The number of hydrogen-bond acceptors (Lipinski definition) is 4. The van der Waals surface area contributed by atoms with Crippen LogP contribution in [0, 0.1) is 0 Å². The maximum absolute atomic E-state index is 13.0. The van der Waals surface area contributed by atoms with Crippen LogP contribution in [-0.4, -0.2) is 27.5 Å². The first-order valence-corrected chi connectivity index (χ1v) is 11.3. The van der Waals surface area contributed by atoms with Crippen molar-refractivity contribution in [1.29, 1.82) is 0 Å². The lowest BCUT2D eigenvalue weighted by Crippen LogP contribution is -2.30. The Morgan fingerprint density at radius 1 is 1.14 bits per heavy atom. The summed E-state index contributed by atoms with van der Waals surface area (Å²) < 4.78 is 33.0. The molecule has 0 radical (unpaired) electrons. The van der Waals surface area contributed by atoms with E-state index in [4.69, 9.17) is 16.3 Å². The van der Waals surface area contributed by atoms with Crippen molar-refractivity contribution < 1.29 is 17.9 Å². The van der Waals surface area contributed by atoms with Gasteiger partial charge in [0.25, 0.3) is 5.91 Å². The van der Waals surface area contributed by atoms with E-state index < -0.39 is 15.9 Å². The number of ether oxygens (including phenoxy) is 1. The number of sulfonamides is 1. The zero-order valence-electron chi connectivity index (χ0n) is 17.3. The first-order valence-electron chi connectivity index (χ1n) is 9.46. The Kier molecular flexibility index (Phi) is 7.68. The highest BCUT2D eigenvalue weighted by Gasteiger charge is 2.23. The summed E-state index contributed by atoms with van der Waals surface area (Å²) in [6.45, 7) is 7.40. The number of methoxy groups -OCH3 is 1. The van der Waals surface area contributed by atoms with Crippen LogP contribution in [0.2, 0.25) is 5.02 Å². The van der Waals surface area contributed by atoms with E-state index in [0.717, 1.165) is 17.5 Å². The van der Waals surface area contributed by atoms with Gasteiger partial charge in [0.2, 0.25) is 10.0 Å². The van der Waals surface area contributed by atoms with Gasteiger partial charge in [-0.05, 0) is 62.1 Å². The fourth-order valence-electron chi connectivity index (χ4n) is 3.05. The van der Waals surface area contributed by atoms with E-state index in [0.29, 0.717) is 17.1 Å². The highest BCUT2D eigenvalue weighted by molar-refractivity contribution is 7.89. The minimum Gasteiger partial charge on any atom is -0.495 e. The SMILES string of the molecule is CCc1ccc(Cl)c(CC)c1NC(=O)c1ccc(OC)c(S(=O)(=O)NC(C)C)c1. The first-order chi connectivity index (χ1) is 13.6. The number of aryl methyl sites for hydroxylation is 1. The largest absolute Gasteiger partial charge is 0.495 e. The van der Waals surface area contributed by atoms with Gasteiger partial charge >= 0.3 is 0 Å². The van der Waals surface area contributed by atoms with Gasteiger partial charge < -0.3 is 10.1 Å². The standard InChI is InChI=1S/C21H27ClN2O4S/c1-6-14-8-10-17(22)16(7-2)20(14)23-21(25)15-9-11-18(28-5)19(12-15)29(26,27)24-13(3)4/h8-13,24H,6-7H2,1-5H3,(H,23,25). The van der Waals surface area contributed by atoms with Gasteiger partial charge in [-0.15, -0.1) is 0 Å². The summed E-state index contributed by atoms with van der Waals surface area (Å²) >= 11 is 6.31. The minimum absolute atomic E-state index is 0.0844. The average Bonchev–Trinajstić information content (AvgIpc) is 2.66. The maximum atomic E-state index is 13.0. The van der Waals surface area contributed by atoms with E-state index in [1.807, 2.05) is 26.0 Å². The fraction of sp³-hybridized carbons (Fsp3) is 0.381. The lowest BCUT2D eigenvalue weighted by Gasteiger charge is -2.17. The van der Waals surface area contributed by atoms with Gasteiger partial charge in [0.1, 0.15) is 10.6 Å². The predicted octanol–water partition coefficient (Wildman–Crippen LogP) is 4.41. The van der Waals surface area contributed by atoms with Crippen molar-refractivity contribution in [3.63, 3.8) is 0 Å². The van der Waals surface area contributed by atoms with Crippen LogP contribution in [0.5, 0.6) is 5.75 Å². The molecule has 0 aliphatic heterocycles. The van der Waals surface area contributed by atoms with E-state index in [9.17, 15) is 13.2 Å². The van der Waals surface area contributed by atoms with Gasteiger partial charge in [-0.1, -0.05) is 31.5 Å². The number of amides is 1. The summed E-state index contributed by atoms with van der Waals surface area (Å²) in [6, 6.07) is 7.74. The molecule has 29 heavy (non-hydrogen) atoms. The third kappa shape index (κ3) is 5.29. The molecule has 0 aliphatic carbocycles. The average molecular weight is 439 g/mol. The number of nitrogens with one attached hydrogen (secondary N) is 2. The van der Waals surface area contributed by atoms with E-state index in [1.165, 1.54) is 25.3 Å². The van der Waals surface area contributed by atoms with Gasteiger partial charge in [0.05, 0.1) is 7.11 Å². The van der Waals surface area contributed by atoms with Crippen molar-refractivity contribution in [3.05, 3.63) is 52.0 Å². The Bertz CT molecular complexity index is 1000. The molecule has 0 bridgehead atoms. The third-order valence-corrected chi connectivity index (χ3v) is 6.46. The zero-order valence-corrected chi connectivity index (χ0v) is 18.9. The number of carbonyl (C=O) groups is 1. The number of carbonyl (C=O) groups excluding carboxylic acids is 1. The lowest BCUT2D eigenvalue weighted by molar-refractivity contribution is 0.102. The van der Waals surface area contributed by atoms with Crippen molar-refractivity contribution >= 4 is 33.2 Å². The molecule has 2 aromatic rings. The normalized spacial score (nSPS) is 11.6. The summed E-state index contributed by atoms with van der Waals surface area (Å²) in [4.78, 5) is 12.9. The van der Waals surface area contributed by atoms with Crippen molar-refractivity contribution in [2.75, 3.05) is 12.4 Å². The van der Waals surface area contributed by atoms with Crippen LogP contribution in [0.25, 0.3) is 0 Å². The molecule has 0 aliphatic rings. The minimum atomic E-state index is -3.84. The molecule has 0 fully saturated rings. The number of benzene rings is 2. The summed E-state index contributed by atoms with van der Waals surface area (Å²) in [5.74, 6) is -0.249. The molecule has 1 amide bonds. The second-order valence-electron chi connectivity index (χ2n) is 6.86. The Morgan fingerprint density at radius 3 is 2.38 bits per heavy atom. The number of halogens is 1. The Labute approximate surface area is 177 Å². The van der Waals surface area contributed by atoms with Gasteiger partial charge in [-0.2, -0.15) is 0 Å². The van der Waals surface area contributed by atoms with Gasteiger partial charge in [-0.25, -0.2) is 13.1 Å². The molecule has 0 atom stereocenters. The van der Waals surface area contributed by atoms with Crippen LogP contribution in [0.3, 0.4) is 0 Å². The van der Waals surface area contributed by atoms with Gasteiger partial charge in [0, 0.05) is 22.3 Å². The van der Waals surface area contributed by atoms with Crippen molar-refractivity contribution in [2.24, 2.45) is 0 Å². The van der Waals surface area contributed by atoms with E-state index in [-0.39, 0.29) is 22.3 Å². The van der Waals surface area contributed by atoms with Crippen molar-refractivity contribution in [3.8, 4) is 5.75 Å². The predicted molar refractivity (Wildman–Crippen MR) is 117 cm³/mol. The number of hydrogen-bond donors (Lipinski definition) is 2. The maximum Gasteiger partial charge on any atom is 0.255 e. The molecular formula is C21H27ClN2O4S. The second-order valence-corrected chi connectivity index (χ2v) is 8.95. The molecule has 0 saturated carbocycles. The molecule has 2 aromatic carbocycles. The van der Waals surface area contributed by atoms with Crippen LogP contribution in [0.1, 0.15) is 49.2 Å². The molecule has 0 spiro atoms. The zero-order chi connectivity index (χ0) is 21.8. The van der Waals surface area contributed by atoms with Crippen LogP contribution < -0.4 is 14.8 Å². The van der Waals surface area contributed by atoms with Gasteiger partial charge in [0.15, 0.2) is 0 Å². The van der Waals surface area contributed by atoms with E-state index >= 15 is 0 Å². The lowest BCUT2D eigenvalue weighted by atomic mass is 10.0. The fourth-order valence-corrected chi connectivity index (χ4v) is 4.79. The molecule has 0 heterocycles. The topological polar surface area (TPSA) is 84.5 Å². The van der Waals surface area contributed by atoms with Crippen LogP contribution in [0.4, 0.5) is 5.69 Å². The summed E-state index contributed by atoms with van der Waals surface area (Å²) in [7, 11) is -2.45. The molecule has 0 saturated heterocycles. The number of anilines is 1. The Morgan fingerprint density at radius 2 is 1.83 bits per heavy atom. The molecule has 0 aromatic heterocycles. The molecule has 6 nitrogen and oxygen atoms in total. The Balaban J connectivity index is 2.48. The first kappa shape index (κ1) is 23.2.